The van der Waals surface area contributed by atoms with Gasteiger partial charge in [-0.25, -0.2) is 4.98 Å². The molecule has 5 heteroatoms. The van der Waals surface area contributed by atoms with Crippen molar-refractivity contribution in [1.29, 1.82) is 0 Å². The molecule has 21 heavy (non-hydrogen) atoms. The van der Waals surface area contributed by atoms with Crippen molar-refractivity contribution in [3.63, 3.8) is 0 Å². The molecule has 4 nitrogen and oxygen atoms in total. The lowest BCUT2D eigenvalue weighted by Gasteiger charge is -2.10. The van der Waals surface area contributed by atoms with Crippen molar-refractivity contribution in [2.24, 2.45) is 0 Å². The molecule has 0 fully saturated rings. The molecule has 112 valence electrons. The normalized spacial score (nSPS) is 12.2. The number of nitrogens with zero attached hydrogens (tertiary/aromatic N) is 1. The van der Waals surface area contributed by atoms with Crippen LogP contribution in [0, 0.1) is 13.8 Å². The third kappa shape index (κ3) is 4.11. The largest absolute Gasteiger partial charge is 0.437 e. The average molecular weight is 304 g/mol. The summed E-state index contributed by atoms with van der Waals surface area (Å²) in [5, 5.41) is 3.17. The highest BCUT2D eigenvalue weighted by Gasteiger charge is 2.18. The summed E-state index contributed by atoms with van der Waals surface area (Å²) in [6, 6.07) is 7.89. The van der Waals surface area contributed by atoms with Crippen molar-refractivity contribution in [2.45, 2.75) is 44.6 Å². The van der Waals surface area contributed by atoms with Gasteiger partial charge in [-0.2, -0.15) is 0 Å². The first-order valence-electron chi connectivity index (χ1n) is 7.00. The van der Waals surface area contributed by atoms with E-state index in [0.717, 1.165) is 23.6 Å². The Bertz CT molecular complexity index is 600. The Morgan fingerprint density at radius 2 is 2.00 bits per heavy atom. The zero-order valence-electron chi connectivity index (χ0n) is 12.8. The molecule has 0 bridgehead atoms. The first kappa shape index (κ1) is 15.6. The second kappa shape index (κ2) is 6.80. The fraction of sp³-hybridized carbons (Fsp3) is 0.375. The van der Waals surface area contributed by atoms with Gasteiger partial charge >= 0.3 is 0 Å². The van der Waals surface area contributed by atoms with Crippen LogP contribution in [-0.4, -0.2) is 16.1 Å². The number of hydrogen-bond acceptors (Lipinski definition) is 4. The van der Waals surface area contributed by atoms with Gasteiger partial charge in [0.05, 0.1) is 10.9 Å². The van der Waals surface area contributed by atoms with E-state index < -0.39 is 0 Å². The fourth-order valence-electron chi connectivity index (χ4n) is 1.77. The molecule has 1 aromatic carbocycles. The van der Waals surface area contributed by atoms with E-state index in [1.54, 1.807) is 0 Å². The van der Waals surface area contributed by atoms with Crippen molar-refractivity contribution in [3.05, 3.63) is 41.3 Å². The predicted octanol–water partition coefficient (Wildman–Crippen LogP) is 3.97. The zero-order chi connectivity index (χ0) is 15.4. The number of nitrogens with one attached hydrogen (secondary N) is 1. The summed E-state index contributed by atoms with van der Waals surface area (Å²) in [6.45, 7) is 7.71. The number of carbonyl (C=O) groups is 1. The van der Waals surface area contributed by atoms with Crippen molar-refractivity contribution in [2.75, 3.05) is 5.32 Å². The average Bonchev–Trinajstić information content (AvgIpc) is 2.78. The highest BCUT2D eigenvalue weighted by atomic mass is 32.2. The molecule has 0 spiro atoms. The van der Waals surface area contributed by atoms with E-state index in [2.05, 4.69) is 17.2 Å². The molecule has 0 aliphatic carbocycles. The van der Waals surface area contributed by atoms with Crippen LogP contribution in [0.4, 0.5) is 5.69 Å². The van der Waals surface area contributed by atoms with Gasteiger partial charge in [-0.05, 0) is 44.9 Å². The van der Waals surface area contributed by atoms with Gasteiger partial charge in [-0.3, -0.25) is 4.79 Å². The Kier molecular flexibility index (Phi) is 5.07. The molecule has 0 aliphatic rings. The van der Waals surface area contributed by atoms with Crippen molar-refractivity contribution >= 4 is 23.4 Å². The van der Waals surface area contributed by atoms with Crippen LogP contribution in [-0.2, 0) is 11.2 Å². The van der Waals surface area contributed by atoms with E-state index in [-0.39, 0.29) is 11.2 Å². The van der Waals surface area contributed by atoms with Gasteiger partial charge in [-0.15, -0.1) is 0 Å². The number of oxazole rings is 1. The van der Waals surface area contributed by atoms with E-state index in [4.69, 9.17) is 4.42 Å². The summed E-state index contributed by atoms with van der Waals surface area (Å²) < 4.78 is 5.49. The van der Waals surface area contributed by atoms with Gasteiger partial charge < -0.3 is 9.73 Å². The van der Waals surface area contributed by atoms with E-state index >= 15 is 0 Å². The standard InChI is InChI=1S/C16H20N2O2S/c1-5-13-6-8-14(9-7-13)18-15(19)12(4)21-16-17-10(2)11(3)20-16/h6-9,12H,5H2,1-4H3,(H,18,19). The molecule has 0 saturated carbocycles. The van der Waals surface area contributed by atoms with Crippen LogP contribution < -0.4 is 5.32 Å². The van der Waals surface area contributed by atoms with Crippen LogP contribution in [0.15, 0.2) is 33.9 Å². The molecule has 2 rings (SSSR count). The highest BCUT2D eigenvalue weighted by molar-refractivity contribution is 8.00. The summed E-state index contributed by atoms with van der Waals surface area (Å²) in [4.78, 5) is 16.4. The Morgan fingerprint density at radius 1 is 1.33 bits per heavy atom. The molecule has 1 aromatic heterocycles. The smallest absolute Gasteiger partial charge is 0.256 e. The number of thioether (sulfide) groups is 1. The van der Waals surface area contributed by atoms with E-state index in [1.807, 2.05) is 45.0 Å². The van der Waals surface area contributed by atoms with E-state index in [1.165, 1.54) is 17.3 Å². The topological polar surface area (TPSA) is 55.1 Å². The van der Waals surface area contributed by atoms with Crippen molar-refractivity contribution < 1.29 is 9.21 Å². The molecule has 2 aromatic rings. The molecule has 0 radical (unpaired) electrons. The van der Waals surface area contributed by atoms with E-state index in [9.17, 15) is 4.79 Å². The first-order valence-corrected chi connectivity index (χ1v) is 7.88. The summed E-state index contributed by atoms with van der Waals surface area (Å²) in [7, 11) is 0. The molecule has 1 heterocycles. The number of anilines is 1. The van der Waals surface area contributed by atoms with Gasteiger partial charge in [0, 0.05) is 5.69 Å². The maximum atomic E-state index is 12.2. The minimum absolute atomic E-state index is 0.0576. The van der Waals surface area contributed by atoms with Gasteiger partial charge in [-0.1, -0.05) is 30.8 Å². The third-order valence-corrected chi connectivity index (χ3v) is 4.23. The van der Waals surface area contributed by atoms with Gasteiger partial charge in [0.1, 0.15) is 5.76 Å². The third-order valence-electron chi connectivity index (χ3n) is 3.29. The fourth-order valence-corrected chi connectivity index (χ4v) is 2.60. The lowest BCUT2D eigenvalue weighted by atomic mass is 10.1. The Balaban J connectivity index is 1.95. The van der Waals surface area contributed by atoms with Crippen LogP contribution in [0.3, 0.4) is 0 Å². The first-order chi connectivity index (χ1) is 9.99. The van der Waals surface area contributed by atoms with Crippen molar-refractivity contribution in [3.8, 4) is 0 Å². The quantitative estimate of drug-likeness (QED) is 0.849. The summed E-state index contributed by atoms with van der Waals surface area (Å²) >= 11 is 1.32. The number of aryl methyl sites for hydroxylation is 3. The van der Waals surface area contributed by atoms with Crippen LogP contribution in [0.1, 0.15) is 30.9 Å². The number of amides is 1. The SMILES string of the molecule is CCc1ccc(NC(=O)C(C)Sc2nc(C)c(C)o2)cc1. The second-order valence-corrected chi connectivity index (χ2v) is 6.21. The Labute approximate surface area is 129 Å². The van der Waals surface area contributed by atoms with Crippen LogP contribution in [0.5, 0.6) is 0 Å². The van der Waals surface area contributed by atoms with Gasteiger partial charge in [0.25, 0.3) is 5.22 Å². The van der Waals surface area contributed by atoms with Gasteiger partial charge in [0.2, 0.25) is 5.91 Å². The highest BCUT2D eigenvalue weighted by Crippen LogP contribution is 2.25. The zero-order valence-corrected chi connectivity index (χ0v) is 13.6. The van der Waals surface area contributed by atoms with Crippen LogP contribution in [0.25, 0.3) is 0 Å². The second-order valence-electron chi connectivity index (χ2n) is 4.92. The molecule has 1 amide bonds. The molecule has 1 atom stereocenters. The lowest BCUT2D eigenvalue weighted by Crippen LogP contribution is -2.22. The lowest BCUT2D eigenvalue weighted by molar-refractivity contribution is -0.115. The van der Waals surface area contributed by atoms with E-state index in [0.29, 0.717) is 5.22 Å². The maximum absolute atomic E-state index is 12.2. The Hall–Kier alpha value is -1.75. The summed E-state index contributed by atoms with van der Waals surface area (Å²) in [5.74, 6) is 0.734. The molecule has 0 aliphatic heterocycles. The monoisotopic (exact) mass is 304 g/mol. The Morgan fingerprint density at radius 3 is 2.52 bits per heavy atom. The molecular weight excluding hydrogens is 284 g/mol. The number of rotatable bonds is 5. The molecule has 1 unspecified atom stereocenters. The predicted molar refractivity (Wildman–Crippen MR) is 85.7 cm³/mol. The maximum Gasteiger partial charge on any atom is 0.256 e. The molecule has 1 N–H and O–H groups in total. The number of benzene rings is 1. The number of carbonyl (C=O) groups excluding carboxylic acids is 1. The summed E-state index contributed by atoms with van der Waals surface area (Å²) in [5.41, 5.74) is 2.92. The van der Waals surface area contributed by atoms with Gasteiger partial charge in [0.15, 0.2) is 0 Å². The molecular formula is C16H20N2O2S. The van der Waals surface area contributed by atoms with Crippen LogP contribution in [0.2, 0.25) is 0 Å². The van der Waals surface area contributed by atoms with Crippen molar-refractivity contribution in [1.82, 2.24) is 4.98 Å². The number of aromatic nitrogens is 1. The minimum Gasteiger partial charge on any atom is -0.437 e. The van der Waals surface area contributed by atoms with Crippen LogP contribution >= 0.6 is 11.8 Å². The molecule has 0 saturated heterocycles. The minimum atomic E-state index is -0.270. The summed E-state index contributed by atoms with van der Waals surface area (Å²) in [6.07, 6.45) is 0.989. The number of hydrogen-bond donors (Lipinski definition) is 1.